The van der Waals surface area contributed by atoms with Gasteiger partial charge in [-0.15, -0.1) is 0 Å². The first-order valence-corrected chi connectivity index (χ1v) is 32.1. The fourth-order valence-corrected chi connectivity index (χ4v) is 12.2. The van der Waals surface area contributed by atoms with Crippen molar-refractivity contribution >= 4 is 52.8 Å². The summed E-state index contributed by atoms with van der Waals surface area (Å²) in [7, 11) is 6.33. The zero-order valence-corrected chi connectivity index (χ0v) is 55.7. The van der Waals surface area contributed by atoms with Crippen molar-refractivity contribution in [2.75, 3.05) is 40.2 Å². The average Bonchev–Trinajstić information content (AvgIpc) is 2.87. The molecule has 2 aromatic carbocycles. The van der Waals surface area contributed by atoms with Crippen molar-refractivity contribution in [3.8, 4) is 0 Å². The number of benzene rings is 2. The monoisotopic (exact) mass is 1200 g/mol. The first-order chi connectivity index (χ1) is 40.5. The van der Waals surface area contributed by atoms with E-state index in [1.54, 1.807) is 55.3 Å². The number of likely N-dealkylation sites (N-methyl/N-ethyl adjacent to an activating group) is 2. The SMILES string of the molecule is CCCCC[C@H](CC(=O)[C@H](CC(C)C)NC(=O)[C@@H](C)C(C)C)C(=O)Nc1ccc(COC(=O)N(C)[C@H](C(=O)C[C@H](C(=O)N(C)[C@H](C(CC(=O)N2CCC[C@H]2[C@H](OC)[C@@H](C)C(=O)C[C@H](C)[C@@H](O)c2ccccc2)OC)[C@@H](C)CC)C(C)C)C(C)C)cc1. The van der Waals surface area contributed by atoms with Crippen LogP contribution in [0.2, 0.25) is 0 Å². The van der Waals surface area contributed by atoms with Gasteiger partial charge in [0.2, 0.25) is 23.6 Å². The van der Waals surface area contributed by atoms with Crippen molar-refractivity contribution < 1.29 is 57.7 Å². The minimum Gasteiger partial charge on any atom is -0.445 e. The lowest BCUT2D eigenvalue weighted by atomic mass is 9.83. The summed E-state index contributed by atoms with van der Waals surface area (Å²) in [6.07, 6.45) is 2.84. The van der Waals surface area contributed by atoms with Crippen molar-refractivity contribution in [3.05, 3.63) is 65.7 Å². The van der Waals surface area contributed by atoms with E-state index in [2.05, 4.69) is 17.6 Å². The minimum atomic E-state index is -0.918. The van der Waals surface area contributed by atoms with Gasteiger partial charge in [0.05, 0.1) is 48.9 Å². The highest BCUT2D eigenvalue weighted by Crippen LogP contribution is 2.34. The molecule has 17 nitrogen and oxygen atoms in total. The van der Waals surface area contributed by atoms with E-state index in [4.69, 9.17) is 14.2 Å². The molecule has 1 aliphatic rings. The number of ketones is 3. The summed E-state index contributed by atoms with van der Waals surface area (Å²) in [5.74, 6) is -4.37. The molecule has 1 heterocycles. The van der Waals surface area contributed by atoms with E-state index < -0.39 is 60.3 Å². The van der Waals surface area contributed by atoms with E-state index in [1.165, 1.54) is 11.9 Å². The number of ether oxygens (including phenoxy) is 3. The topological polar surface area (TPSA) is 218 Å². The highest BCUT2D eigenvalue weighted by molar-refractivity contribution is 5.97. The number of hydrogen-bond acceptors (Lipinski definition) is 12. The summed E-state index contributed by atoms with van der Waals surface area (Å²) in [5.41, 5.74) is 1.89. The molecule has 3 rings (SSSR count). The second-order valence-corrected chi connectivity index (χ2v) is 26.2. The Morgan fingerprint density at radius 2 is 1.33 bits per heavy atom. The maximum Gasteiger partial charge on any atom is 0.410 e. The van der Waals surface area contributed by atoms with Gasteiger partial charge in [-0.05, 0) is 84.5 Å². The lowest BCUT2D eigenvalue weighted by Crippen LogP contribution is -2.54. The van der Waals surface area contributed by atoms with Gasteiger partial charge in [0, 0.05) is 83.5 Å². The molecule has 0 radical (unpaired) electrons. The van der Waals surface area contributed by atoms with E-state index in [9.17, 15) is 43.5 Å². The molecule has 0 bridgehead atoms. The summed E-state index contributed by atoms with van der Waals surface area (Å²) in [5, 5.41) is 17.0. The fourth-order valence-electron chi connectivity index (χ4n) is 12.2. The molecular weight excluding hydrogens is 1090 g/mol. The molecule has 0 spiro atoms. The molecule has 3 N–H and O–H groups in total. The number of amides is 5. The third kappa shape index (κ3) is 22.0. The summed E-state index contributed by atoms with van der Waals surface area (Å²) in [6.45, 7) is 27.4. The number of rotatable bonds is 38. The molecule has 0 saturated carbocycles. The molecule has 17 heteroatoms. The molecule has 2 aromatic rings. The Labute approximate surface area is 516 Å². The number of carbonyl (C=O) groups is 8. The fraction of sp³-hybridized carbons (Fsp3) is 0.710. The van der Waals surface area contributed by atoms with Crippen molar-refractivity contribution in [1.29, 1.82) is 0 Å². The quantitative estimate of drug-likeness (QED) is 0.0535. The van der Waals surface area contributed by atoms with Crippen LogP contribution in [-0.4, -0.2) is 138 Å². The number of Topliss-reactive ketones (excluding diaryl/α,β-unsaturated/α-hetero) is 3. The smallest absolute Gasteiger partial charge is 0.410 e. The van der Waals surface area contributed by atoms with Crippen molar-refractivity contribution in [3.63, 3.8) is 0 Å². The van der Waals surface area contributed by atoms with Gasteiger partial charge in [0.15, 0.2) is 11.6 Å². The molecule has 86 heavy (non-hydrogen) atoms. The van der Waals surface area contributed by atoms with Crippen LogP contribution in [0.15, 0.2) is 54.6 Å². The maximum atomic E-state index is 14.9. The van der Waals surface area contributed by atoms with E-state index in [0.717, 1.165) is 31.2 Å². The molecule has 0 aromatic heterocycles. The van der Waals surface area contributed by atoms with E-state index in [1.807, 2.05) is 120 Å². The van der Waals surface area contributed by atoms with Crippen molar-refractivity contribution in [1.82, 2.24) is 20.0 Å². The number of aliphatic hydroxyl groups excluding tert-OH is 1. The molecular formula is C69H111N5O12. The number of unbranched alkanes of at least 4 members (excludes halogenated alkanes) is 2. The molecule has 484 valence electrons. The van der Waals surface area contributed by atoms with Gasteiger partial charge in [-0.25, -0.2) is 4.79 Å². The van der Waals surface area contributed by atoms with Gasteiger partial charge >= 0.3 is 6.09 Å². The van der Waals surface area contributed by atoms with Crippen molar-refractivity contribution in [2.24, 2.45) is 59.2 Å². The molecule has 1 aliphatic heterocycles. The standard InChI is InChI=1S/C69H111N5O12/c1-19-21-23-29-52(38-58(76)55(36-42(3)4)71-66(80)48(13)43(5)6)67(81)70-53-33-31-50(32-34-53)41-86-69(83)73(16)62(45(9)10)59(77)39-54(44(7)8)68(82)72(15)63(46(11)20-2)60(84-17)40-61(78)74-35-26-30-56(74)65(85-18)49(14)57(75)37-47(12)64(79)51-27-24-22-25-28-51/h22,24-25,27-28,31-34,42-49,52,54-56,60,62-65,79H,19-21,23,26,29-30,35-41H2,1-18H3,(H,70,81)(H,71,80)/t46-,47-,48-,49-,52+,54-,55-,56-,60?,62-,63-,64+,65+/m0/s1. The van der Waals surface area contributed by atoms with Gasteiger partial charge in [0.25, 0.3) is 0 Å². The number of anilines is 1. The van der Waals surface area contributed by atoms with Crippen LogP contribution in [0.25, 0.3) is 0 Å². The zero-order chi connectivity index (χ0) is 64.7. The predicted octanol–water partition coefficient (Wildman–Crippen LogP) is 11.7. The third-order valence-corrected chi connectivity index (χ3v) is 18.1. The Hall–Kier alpha value is -5.52. The van der Waals surface area contributed by atoms with Crippen LogP contribution >= 0.6 is 0 Å². The van der Waals surface area contributed by atoms with Crippen LogP contribution in [0.3, 0.4) is 0 Å². The molecule has 1 unspecified atom stereocenters. The number of methoxy groups -OCH3 is 2. The van der Waals surface area contributed by atoms with Crippen LogP contribution in [0, 0.1) is 59.2 Å². The van der Waals surface area contributed by atoms with Gasteiger partial charge < -0.3 is 44.7 Å². The summed E-state index contributed by atoms with van der Waals surface area (Å²) in [6, 6.07) is 13.6. The number of hydrogen-bond donors (Lipinski definition) is 3. The molecule has 1 saturated heterocycles. The van der Waals surface area contributed by atoms with E-state index in [-0.39, 0.29) is 121 Å². The Bertz CT molecular complexity index is 2450. The number of carbonyl (C=O) groups excluding carboxylic acids is 8. The molecule has 1 fully saturated rings. The number of likely N-dealkylation sites (tertiary alicyclic amines) is 1. The highest BCUT2D eigenvalue weighted by atomic mass is 16.6. The second kappa shape index (κ2) is 36.7. The van der Waals surface area contributed by atoms with Gasteiger partial charge in [0.1, 0.15) is 12.4 Å². The lowest BCUT2D eigenvalue weighted by molar-refractivity contribution is -0.149. The Morgan fingerprint density at radius 3 is 1.87 bits per heavy atom. The van der Waals surface area contributed by atoms with E-state index >= 15 is 0 Å². The van der Waals surface area contributed by atoms with Gasteiger partial charge in [-0.2, -0.15) is 0 Å². The lowest BCUT2D eigenvalue weighted by Gasteiger charge is -2.41. The van der Waals surface area contributed by atoms with Crippen LogP contribution in [0.1, 0.15) is 191 Å². The minimum absolute atomic E-state index is 0.00163. The van der Waals surface area contributed by atoms with E-state index in [0.29, 0.717) is 43.5 Å². The van der Waals surface area contributed by atoms with Gasteiger partial charge in [-0.3, -0.25) is 33.6 Å². The molecule has 5 amide bonds. The number of nitrogens with zero attached hydrogens (tertiary/aromatic N) is 3. The Morgan fingerprint density at radius 1 is 0.686 bits per heavy atom. The summed E-state index contributed by atoms with van der Waals surface area (Å²) in [4.78, 5) is 117. The Kier molecular flexibility index (Phi) is 31.9. The summed E-state index contributed by atoms with van der Waals surface area (Å²) >= 11 is 0. The van der Waals surface area contributed by atoms with Crippen LogP contribution < -0.4 is 10.6 Å². The molecule has 13 atom stereocenters. The number of aliphatic hydroxyl groups is 1. The second-order valence-electron chi connectivity index (χ2n) is 26.2. The van der Waals surface area contributed by atoms with Gasteiger partial charge in [-0.1, -0.05) is 165 Å². The van der Waals surface area contributed by atoms with Crippen molar-refractivity contribution in [2.45, 2.75) is 223 Å². The zero-order valence-electron chi connectivity index (χ0n) is 55.7. The third-order valence-electron chi connectivity index (χ3n) is 18.1. The normalized spacial score (nSPS) is 17.8. The summed E-state index contributed by atoms with van der Waals surface area (Å²) < 4.78 is 17.9. The van der Waals surface area contributed by atoms with Crippen LogP contribution in [0.5, 0.6) is 0 Å². The largest absolute Gasteiger partial charge is 0.445 e. The first kappa shape index (κ1) is 74.7. The molecule has 0 aliphatic carbocycles. The average molecular weight is 1200 g/mol. The maximum absolute atomic E-state index is 14.9. The number of nitrogens with one attached hydrogen (secondary N) is 2. The predicted molar refractivity (Wildman–Crippen MR) is 339 cm³/mol. The van der Waals surface area contributed by atoms with Crippen LogP contribution in [-0.2, 0) is 54.4 Å². The van der Waals surface area contributed by atoms with Crippen LogP contribution in [0.4, 0.5) is 10.5 Å². The highest BCUT2D eigenvalue weighted by Gasteiger charge is 2.44. The Balaban J connectivity index is 1.71. The first-order valence-electron chi connectivity index (χ1n) is 32.1.